The van der Waals surface area contributed by atoms with E-state index in [0.717, 1.165) is 16.6 Å². The molecule has 0 amide bonds. The Hall–Kier alpha value is -2.10. The van der Waals surface area contributed by atoms with Gasteiger partial charge in [0.05, 0.1) is 0 Å². The van der Waals surface area contributed by atoms with Crippen molar-refractivity contribution >= 4 is 11.0 Å². The third-order valence-corrected chi connectivity index (χ3v) is 2.62. The Bertz CT molecular complexity index is 537. The minimum Gasteiger partial charge on any atom is -0.237 e. The van der Waals surface area contributed by atoms with E-state index in [1.54, 1.807) is 12.4 Å². The highest BCUT2D eigenvalue weighted by molar-refractivity contribution is 5.73. The molecule has 22 heavy (non-hydrogen) atoms. The second-order valence-electron chi connectivity index (χ2n) is 4.55. The maximum absolute atomic E-state index is 11.7. The van der Waals surface area contributed by atoms with Crippen molar-refractivity contribution in [2.24, 2.45) is 0 Å². The summed E-state index contributed by atoms with van der Waals surface area (Å²) < 4.78 is 23.5. The molecule has 0 saturated carbocycles. The molecule has 2 nitrogen and oxygen atoms in total. The molecule has 0 unspecified atom stereocenters. The number of pyridine rings is 2. The highest BCUT2D eigenvalue weighted by Crippen LogP contribution is 2.14. The fourth-order valence-electron chi connectivity index (χ4n) is 1.40. The Morgan fingerprint density at radius 2 is 1.50 bits per heavy atom. The van der Waals surface area contributed by atoms with E-state index in [-0.39, 0.29) is 5.57 Å². The molecule has 0 N–H and O–H groups in total. The van der Waals surface area contributed by atoms with Gasteiger partial charge in [0.2, 0.25) is 0 Å². The van der Waals surface area contributed by atoms with Gasteiger partial charge in [-0.1, -0.05) is 19.4 Å². The molecule has 0 spiro atoms. The number of allylic oxidation sites excluding steroid dienone is 2. The van der Waals surface area contributed by atoms with Crippen molar-refractivity contribution in [1.82, 2.24) is 9.97 Å². The zero-order valence-electron chi connectivity index (χ0n) is 13.7. The molecule has 0 saturated heterocycles. The standard InChI is InChI=1S/C8H12F2.C8H6N2.C2H6/c1-6(2)4-5-7(3)8(9)10;1-3-7-4-2-6-10-8(7)9-5-1;1-2/h1,4-5H2,2-3H3;1-6H;1-2H3. The highest BCUT2D eigenvalue weighted by atomic mass is 19.3. The quantitative estimate of drug-likeness (QED) is 0.634. The summed E-state index contributed by atoms with van der Waals surface area (Å²) in [6.07, 6.45) is 3.02. The lowest BCUT2D eigenvalue weighted by Gasteiger charge is -1.97. The van der Waals surface area contributed by atoms with Crippen molar-refractivity contribution < 1.29 is 8.78 Å². The lowest BCUT2D eigenvalue weighted by Crippen LogP contribution is -1.80. The van der Waals surface area contributed by atoms with Crippen molar-refractivity contribution in [3.8, 4) is 0 Å². The van der Waals surface area contributed by atoms with Gasteiger partial charge in [0.15, 0.2) is 5.65 Å². The summed E-state index contributed by atoms with van der Waals surface area (Å²) in [6, 6.07) is 7.80. The predicted octanol–water partition coefficient (Wildman–Crippen LogP) is 6.17. The van der Waals surface area contributed by atoms with E-state index in [9.17, 15) is 8.78 Å². The molecule has 0 atom stereocenters. The molecule has 0 aliphatic carbocycles. The summed E-state index contributed by atoms with van der Waals surface area (Å²) in [6.45, 7) is 10.9. The Morgan fingerprint density at radius 3 is 1.86 bits per heavy atom. The summed E-state index contributed by atoms with van der Waals surface area (Å²) in [4.78, 5) is 8.14. The molecule has 0 aliphatic heterocycles. The average molecular weight is 306 g/mol. The number of nitrogens with zero attached hydrogens (tertiary/aromatic N) is 2. The Morgan fingerprint density at radius 1 is 1.00 bits per heavy atom. The van der Waals surface area contributed by atoms with Crippen LogP contribution >= 0.6 is 0 Å². The Kier molecular flexibility index (Phi) is 10.4. The summed E-state index contributed by atoms with van der Waals surface area (Å²) in [7, 11) is 0. The van der Waals surface area contributed by atoms with Gasteiger partial charge >= 0.3 is 0 Å². The van der Waals surface area contributed by atoms with Crippen LogP contribution in [0.2, 0.25) is 0 Å². The van der Waals surface area contributed by atoms with Crippen molar-refractivity contribution in [1.29, 1.82) is 0 Å². The topological polar surface area (TPSA) is 25.8 Å². The first-order chi connectivity index (χ1) is 10.5. The van der Waals surface area contributed by atoms with Gasteiger partial charge in [-0.15, -0.1) is 6.58 Å². The summed E-state index contributed by atoms with van der Waals surface area (Å²) in [5, 5.41) is 1.09. The van der Waals surface area contributed by atoms with E-state index in [1.807, 2.05) is 45.0 Å². The molecule has 0 fully saturated rings. The number of hydrogen-bond donors (Lipinski definition) is 0. The molecule has 0 bridgehead atoms. The number of rotatable bonds is 3. The van der Waals surface area contributed by atoms with Gasteiger partial charge in [-0.05, 0) is 56.5 Å². The molecule has 2 rings (SSSR count). The van der Waals surface area contributed by atoms with Gasteiger partial charge in [-0.2, -0.15) is 8.78 Å². The molecule has 2 aromatic heterocycles. The normalized spacial score (nSPS) is 9.00. The van der Waals surface area contributed by atoms with Crippen molar-refractivity contribution in [2.45, 2.75) is 40.5 Å². The van der Waals surface area contributed by atoms with Crippen LogP contribution in [-0.4, -0.2) is 9.97 Å². The monoisotopic (exact) mass is 306 g/mol. The maximum Gasteiger partial charge on any atom is 0.269 e. The fourth-order valence-corrected chi connectivity index (χ4v) is 1.40. The van der Waals surface area contributed by atoms with Crippen LogP contribution in [0.15, 0.2) is 60.5 Å². The zero-order valence-corrected chi connectivity index (χ0v) is 13.7. The molecular weight excluding hydrogens is 282 g/mol. The lowest BCUT2D eigenvalue weighted by atomic mass is 10.1. The molecule has 0 aliphatic rings. The lowest BCUT2D eigenvalue weighted by molar-refractivity contribution is 0.408. The number of fused-ring (bicyclic) bond motifs is 1. The highest BCUT2D eigenvalue weighted by Gasteiger charge is 1.98. The van der Waals surface area contributed by atoms with E-state index in [2.05, 4.69) is 16.5 Å². The van der Waals surface area contributed by atoms with Crippen LogP contribution in [0, 0.1) is 0 Å². The number of halogens is 2. The largest absolute Gasteiger partial charge is 0.269 e. The van der Waals surface area contributed by atoms with Gasteiger partial charge in [-0.25, -0.2) is 9.97 Å². The van der Waals surface area contributed by atoms with Gasteiger partial charge in [0.25, 0.3) is 6.08 Å². The Labute approximate surface area is 131 Å². The van der Waals surface area contributed by atoms with Crippen LogP contribution in [0.3, 0.4) is 0 Å². The van der Waals surface area contributed by atoms with Gasteiger partial charge in [-0.3, -0.25) is 0 Å². The first kappa shape index (κ1) is 19.9. The van der Waals surface area contributed by atoms with E-state index < -0.39 is 6.08 Å². The smallest absolute Gasteiger partial charge is 0.237 e. The minimum atomic E-state index is -1.55. The van der Waals surface area contributed by atoms with E-state index in [4.69, 9.17) is 0 Å². The van der Waals surface area contributed by atoms with Crippen LogP contribution in [0.25, 0.3) is 11.0 Å². The molecule has 4 heteroatoms. The third kappa shape index (κ3) is 8.25. The average Bonchev–Trinajstić information content (AvgIpc) is 2.55. The first-order valence-electron chi connectivity index (χ1n) is 7.31. The summed E-state index contributed by atoms with van der Waals surface area (Å²) in [5.74, 6) is 0. The van der Waals surface area contributed by atoms with E-state index in [1.165, 1.54) is 6.92 Å². The Balaban J connectivity index is 0.000000360. The number of aromatic nitrogens is 2. The molecule has 120 valence electrons. The molecule has 2 heterocycles. The predicted molar refractivity (Wildman–Crippen MR) is 89.9 cm³/mol. The van der Waals surface area contributed by atoms with Crippen molar-refractivity contribution in [2.75, 3.05) is 0 Å². The third-order valence-electron chi connectivity index (χ3n) is 2.62. The van der Waals surface area contributed by atoms with Crippen molar-refractivity contribution in [3.63, 3.8) is 0 Å². The van der Waals surface area contributed by atoms with Gasteiger partial charge in [0.1, 0.15) is 0 Å². The van der Waals surface area contributed by atoms with E-state index >= 15 is 0 Å². The van der Waals surface area contributed by atoms with Crippen LogP contribution < -0.4 is 0 Å². The second kappa shape index (κ2) is 11.5. The van der Waals surface area contributed by atoms with Gasteiger partial charge in [0, 0.05) is 17.8 Å². The van der Waals surface area contributed by atoms with Crippen molar-refractivity contribution in [3.05, 3.63) is 60.5 Å². The van der Waals surface area contributed by atoms with Crippen LogP contribution in [0.5, 0.6) is 0 Å². The maximum atomic E-state index is 11.7. The van der Waals surface area contributed by atoms with Gasteiger partial charge < -0.3 is 0 Å². The number of hydrogen-bond acceptors (Lipinski definition) is 2. The molecule has 0 radical (unpaired) electrons. The summed E-state index contributed by atoms with van der Waals surface area (Å²) in [5.41, 5.74) is 1.92. The first-order valence-corrected chi connectivity index (χ1v) is 7.31. The zero-order chi connectivity index (χ0) is 17.0. The summed E-state index contributed by atoms with van der Waals surface area (Å²) >= 11 is 0. The second-order valence-corrected chi connectivity index (χ2v) is 4.55. The van der Waals surface area contributed by atoms with E-state index in [0.29, 0.717) is 12.8 Å². The van der Waals surface area contributed by atoms with Crippen LogP contribution in [-0.2, 0) is 0 Å². The van der Waals surface area contributed by atoms with Crippen LogP contribution in [0.4, 0.5) is 8.78 Å². The molecule has 2 aromatic rings. The molecule has 0 aromatic carbocycles. The van der Waals surface area contributed by atoms with Crippen LogP contribution in [0.1, 0.15) is 40.5 Å². The SMILES string of the molecule is C=C(C)CCC(C)=C(F)F.CC.c1cnc2ncccc2c1. The fraction of sp³-hybridized carbons (Fsp3) is 0.333. The minimum absolute atomic E-state index is 0.169. The molecular formula is C18H24F2N2.